The highest BCUT2D eigenvalue weighted by Gasteiger charge is 2.40. The molecule has 2 heterocycles. The van der Waals surface area contributed by atoms with Crippen LogP contribution in [0.15, 0.2) is 24.5 Å². The largest absolute Gasteiger partial charge is 0.326 e. The van der Waals surface area contributed by atoms with Gasteiger partial charge < -0.3 is 4.90 Å². The number of hydrogen-bond donors (Lipinski definition) is 0. The number of aromatic nitrogens is 1. The molecule has 1 saturated heterocycles. The Bertz CT molecular complexity index is 640. The molecule has 1 aromatic heterocycles. The Morgan fingerprint density at radius 3 is 2.69 bits per heavy atom. The Labute approximate surface area is 156 Å². The van der Waals surface area contributed by atoms with Gasteiger partial charge in [0.05, 0.1) is 6.04 Å². The number of hydrogen-bond acceptors (Lipinski definition) is 4. The van der Waals surface area contributed by atoms with Gasteiger partial charge >= 0.3 is 0 Å². The van der Waals surface area contributed by atoms with E-state index in [0.717, 1.165) is 25.7 Å². The van der Waals surface area contributed by atoms with Gasteiger partial charge in [0, 0.05) is 30.8 Å². The predicted octanol–water partition coefficient (Wildman–Crippen LogP) is 3.36. The van der Waals surface area contributed by atoms with Crippen molar-refractivity contribution in [2.24, 2.45) is 5.41 Å². The van der Waals surface area contributed by atoms with Crippen LogP contribution in [-0.4, -0.2) is 39.9 Å². The minimum atomic E-state index is -0.670. The Balaban J connectivity index is 1.85. The van der Waals surface area contributed by atoms with Crippen molar-refractivity contribution in [1.82, 2.24) is 9.88 Å². The summed E-state index contributed by atoms with van der Waals surface area (Å²) in [7, 11) is 0. The number of unbranched alkanes of at least 4 members (excludes halogenated alkanes) is 1. The van der Waals surface area contributed by atoms with Crippen molar-refractivity contribution in [2.75, 3.05) is 6.54 Å². The maximum atomic E-state index is 12.6. The lowest BCUT2D eigenvalue weighted by Gasteiger charge is -2.27. The smallest absolute Gasteiger partial charge is 0.291 e. The molecule has 0 bridgehead atoms. The standard InChI is InChI=1S/C21H30N2O3/c1-4-21(2,3)19(25)20(26)23-14-8-11-17(23)18(24)12-6-5-9-16-10-7-13-22-15-16/h7,10,13,15,17H,4-6,8-9,11-12,14H2,1-3H3. The number of nitrogens with zero attached hydrogens (tertiary/aromatic N) is 2. The zero-order chi connectivity index (χ0) is 19.2. The van der Waals surface area contributed by atoms with E-state index in [1.165, 1.54) is 10.5 Å². The first-order valence-electron chi connectivity index (χ1n) is 9.64. The zero-order valence-electron chi connectivity index (χ0n) is 16.2. The Kier molecular flexibility index (Phi) is 7.06. The summed E-state index contributed by atoms with van der Waals surface area (Å²) >= 11 is 0. The molecule has 1 aliphatic heterocycles. The van der Waals surface area contributed by atoms with Gasteiger partial charge in [-0.05, 0) is 50.2 Å². The molecule has 0 saturated carbocycles. The molecule has 5 heteroatoms. The lowest BCUT2D eigenvalue weighted by molar-refractivity contribution is -0.151. The molecule has 1 amide bonds. The number of amides is 1. The van der Waals surface area contributed by atoms with Crippen LogP contribution in [0.4, 0.5) is 0 Å². The molecule has 0 aliphatic carbocycles. The van der Waals surface area contributed by atoms with E-state index in [4.69, 9.17) is 0 Å². The number of carbonyl (C=O) groups is 3. The average molecular weight is 358 g/mol. The number of likely N-dealkylation sites (tertiary alicyclic amines) is 1. The van der Waals surface area contributed by atoms with E-state index in [1.54, 1.807) is 20.0 Å². The van der Waals surface area contributed by atoms with E-state index in [2.05, 4.69) is 4.98 Å². The van der Waals surface area contributed by atoms with Crippen LogP contribution in [0.25, 0.3) is 0 Å². The quantitative estimate of drug-likeness (QED) is 0.501. The van der Waals surface area contributed by atoms with Gasteiger partial charge in [-0.15, -0.1) is 0 Å². The summed E-state index contributed by atoms with van der Waals surface area (Å²) in [5, 5.41) is 0. The Morgan fingerprint density at radius 1 is 1.27 bits per heavy atom. The summed E-state index contributed by atoms with van der Waals surface area (Å²) in [6.45, 7) is 5.99. The minimum absolute atomic E-state index is 0.0872. The summed E-state index contributed by atoms with van der Waals surface area (Å²) in [6.07, 6.45) is 8.74. The van der Waals surface area contributed by atoms with Crippen LogP contribution in [0.5, 0.6) is 0 Å². The second-order valence-electron chi connectivity index (χ2n) is 7.76. The number of carbonyl (C=O) groups excluding carboxylic acids is 3. The number of aryl methyl sites for hydroxylation is 1. The zero-order valence-corrected chi connectivity index (χ0v) is 16.2. The molecule has 1 aliphatic rings. The van der Waals surface area contributed by atoms with Crippen LogP contribution in [0.2, 0.25) is 0 Å². The highest BCUT2D eigenvalue weighted by atomic mass is 16.2. The first kappa shape index (κ1) is 20.3. The van der Waals surface area contributed by atoms with E-state index in [9.17, 15) is 14.4 Å². The molecule has 0 N–H and O–H groups in total. The molecular weight excluding hydrogens is 328 g/mol. The fraction of sp³-hybridized carbons (Fsp3) is 0.619. The summed E-state index contributed by atoms with van der Waals surface area (Å²) in [5.74, 6) is -0.775. The Hall–Kier alpha value is -2.04. The second-order valence-corrected chi connectivity index (χ2v) is 7.76. The van der Waals surface area contributed by atoms with Gasteiger partial charge in [-0.1, -0.05) is 26.8 Å². The molecule has 1 aromatic rings. The molecule has 1 atom stereocenters. The topological polar surface area (TPSA) is 67.3 Å². The van der Waals surface area contributed by atoms with E-state index in [0.29, 0.717) is 25.8 Å². The Morgan fingerprint density at radius 2 is 2.04 bits per heavy atom. The normalized spacial score (nSPS) is 17.3. The minimum Gasteiger partial charge on any atom is -0.326 e. The molecule has 2 rings (SSSR count). The summed E-state index contributed by atoms with van der Waals surface area (Å²) in [5.41, 5.74) is 0.502. The fourth-order valence-corrected chi connectivity index (χ4v) is 3.27. The second kappa shape index (κ2) is 9.06. The number of rotatable bonds is 9. The fourth-order valence-electron chi connectivity index (χ4n) is 3.27. The highest BCUT2D eigenvalue weighted by Crippen LogP contribution is 2.26. The third-order valence-corrected chi connectivity index (χ3v) is 5.44. The first-order valence-corrected chi connectivity index (χ1v) is 9.64. The van der Waals surface area contributed by atoms with Gasteiger partial charge in [-0.3, -0.25) is 19.4 Å². The third kappa shape index (κ3) is 4.99. The first-order chi connectivity index (χ1) is 12.4. The molecule has 1 unspecified atom stereocenters. The van der Waals surface area contributed by atoms with Crippen molar-refractivity contribution in [3.05, 3.63) is 30.1 Å². The predicted molar refractivity (Wildman–Crippen MR) is 101 cm³/mol. The molecular formula is C21H30N2O3. The summed E-state index contributed by atoms with van der Waals surface area (Å²) in [4.78, 5) is 43.3. The molecule has 26 heavy (non-hydrogen) atoms. The molecule has 142 valence electrons. The number of ketones is 2. The van der Waals surface area contributed by atoms with Crippen molar-refractivity contribution in [2.45, 2.75) is 71.8 Å². The van der Waals surface area contributed by atoms with Crippen molar-refractivity contribution in [3.8, 4) is 0 Å². The van der Waals surface area contributed by atoms with Gasteiger partial charge in [0.2, 0.25) is 5.78 Å². The lowest BCUT2D eigenvalue weighted by Crippen LogP contribution is -2.47. The van der Waals surface area contributed by atoms with Gasteiger partial charge in [0.15, 0.2) is 5.78 Å². The summed E-state index contributed by atoms with van der Waals surface area (Å²) in [6, 6.07) is 3.53. The third-order valence-electron chi connectivity index (χ3n) is 5.44. The van der Waals surface area contributed by atoms with E-state index in [1.807, 2.05) is 25.3 Å². The van der Waals surface area contributed by atoms with Crippen molar-refractivity contribution >= 4 is 17.5 Å². The highest BCUT2D eigenvalue weighted by molar-refractivity contribution is 6.38. The van der Waals surface area contributed by atoms with Crippen LogP contribution in [-0.2, 0) is 20.8 Å². The van der Waals surface area contributed by atoms with Gasteiger partial charge in [0.1, 0.15) is 0 Å². The van der Waals surface area contributed by atoms with Crippen LogP contribution in [0, 0.1) is 5.41 Å². The average Bonchev–Trinajstić information content (AvgIpc) is 3.14. The van der Waals surface area contributed by atoms with Crippen LogP contribution in [0.1, 0.15) is 64.9 Å². The molecule has 0 radical (unpaired) electrons. The monoisotopic (exact) mass is 358 g/mol. The maximum absolute atomic E-state index is 12.6. The maximum Gasteiger partial charge on any atom is 0.291 e. The van der Waals surface area contributed by atoms with E-state index >= 15 is 0 Å². The van der Waals surface area contributed by atoms with Crippen molar-refractivity contribution in [3.63, 3.8) is 0 Å². The van der Waals surface area contributed by atoms with Gasteiger partial charge in [0.25, 0.3) is 5.91 Å². The van der Waals surface area contributed by atoms with Crippen LogP contribution < -0.4 is 0 Å². The van der Waals surface area contributed by atoms with Crippen LogP contribution >= 0.6 is 0 Å². The van der Waals surface area contributed by atoms with Crippen molar-refractivity contribution in [1.29, 1.82) is 0 Å². The van der Waals surface area contributed by atoms with Gasteiger partial charge in [-0.2, -0.15) is 0 Å². The summed E-state index contributed by atoms with van der Waals surface area (Å²) < 4.78 is 0. The van der Waals surface area contributed by atoms with E-state index in [-0.39, 0.29) is 11.6 Å². The van der Waals surface area contributed by atoms with Gasteiger partial charge in [-0.25, -0.2) is 0 Å². The number of Topliss-reactive ketones (excluding diaryl/α,β-unsaturated/α-hetero) is 2. The molecule has 5 nitrogen and oxygen atoms in total. The SMILES string of the molecule is CCC(C)(C)C(=O)C(=O)N1CCCC1C(=O)CCCCc1cccnc1. The molecule has 0 aromatic carbocycles. The van der Waals surface area contributed by atoms with E-state index < -0.39 is 17.4 Å². The number of pyridine rings is 1. The molecule has 1 fully saturated rings. The van der Waals surface area contributed by atoms with Crippen molar-refractivity contribution < 1.29 is 14.4 Å². The van der Waals surface area contributed by atoms with Crippen LogP contribution in [0.3, 0.4) is 0 Å². The molecule has 0 spiro atoms. The lowest BCUT2D eigenvalue weighted by atomic mass is 9.84.